The van der Waals surface area contributed by atoms with Gasteiger partial charge in [-0.1, -0.05) is 5.16 Å². The van der Waals surface area contributed by atoms with E-state index in [0.29, 0.717) is 15.5 Å². The number of hydrogen-bond acceptors (Lipinski definition) is 5. The lowest BCUT2D eigenvalue weighted by atomic mass is 10.2. The van der Waals surface area contributed by atoms with E-state index in [0.717, 1.165) is 12.1 Å². The van der Waals surface area contributed by atoms with Crippen LogP contribution in [-0.2, 0) is 6.18 Å². The molecule has 2 aromatic rings. The third-order valence-corrected chi connectivity index (χ3v) is 4.50. The van der Waals surface area contributed by atoms with Gasteiger partial charge in [0.05, 0.1) is 27.6 Å². The van der Waals surface area contributed by atoms with Crippen molar-refractivity contribution in [3.05, 3.63) is 51.7 Å². The van der Waals surface area contributed by atoms with E-state index in [1.54, 1.807) is 26.0 Å². The highest BCUT2D eigenvalue weighted by Gasteiger charge is 2.30. The molecule has 1 atom stereocenters. The zero-order valence-electron chi connectivity index (χ0n) is 14.0. The Labute approximate surface area is 152 Å². The number of hydrogen-bond donors (Lipinski definition) is 2. The highest BCUT2D eigenvalue weighted by atomic mass is 32.1. The SMILES string of the molecule is C/C(=N\Oc1ccc(C(F)(F)F)cc1)c1ccc(C(=O)N[C@@H](C)CO)s1. The van der Waals surface area contributed by atoms with Gasteiger partial charge < -0.3 is 15.3 Å². The molecular formula is C17H17F3N2O3S. The smallest absolute Gasteiger partial charge is 0.394 e. The van der Waals surface area contributed by atoms with Crippen LogP contribution in [0, 0.1) is 0 Å². The Bertz CT molecular complexity index is 785. The second-order valence-electron chi connectivity index (χ2n) is 5.51. The fourth-order valence-electron chi connectivity index (χ4n) is 1.87. The van der Waals surface area contributed by atoms with Gasteiger partial charge in [0.15, 0.2) is 5.75 Å². The summed E-state index contributed by atoms with van der Waals surface area (Å²) in [7, 11) is 0. The summed E-state index contributed by atoms with van der Waals surface area (Å²) in [5.74, 6) is -0.136. The third kappa shape index (κ3) is 5.30. The number of alkyl halides is 3. The second-order valence-corrected chi connectivity index (χ2v) is 6.59. The molecule has 0 aliphatic rings. The summed E-state index contributed by atoms with van der Waals surface area (Å²) in [6.07, 6.45) is -4.40. The molecule has 1 heterocycles. The van der Waals surface area contributed by atoms with Gasteiger partial charge in [0.2, 0.25) is 0 Å². The number of amides is 1. The van der Waals surface area contributed by atoms with Crippen LogP contribution in [0.3, 0.4) is 0 Å². The molecule has 1 aromatic carbocycles. The molecule has 26 heavy (non-hydrogen) atoms. The Hall–Kier alpha value is -2.39. The highest BCUT2D eigenvalue weighted by molar-refractivity contribution is 7.16. The first-order valence-corrected chi connectivity index (χ1v) is 8.43. The Morgan fingerprint density at radius 2 is 1.85 bits per heavy atom. The zero-order chi connectivity index (χ0) is 19.3. The molecule has 2 rings (SSSR count). The van der Waals surface area contributed by atoms with Gasteiger partial charge in [-0.05, 0) is 50.2 Å². The molecule has 0 unspecified atom stereocenters. The van der Waals surface area contributed by atoms with Crippen LogP contribution in [0.25, 0.3) is 0 Å². The number of thiophene rings is 1. The Kier molecular flexibility index (Phi) is 6.38. The molecule has 5 nitrogen and oxygen atoms in total. The van der Waals surface area contributed by atoms with Crippen LogP contribution in [0.2, 0.25) is 0 Å². The number of nitrogens with zero attached hydrogens (tertiary/aromatic N) is 1. The number of carbonyl (C=O) groups excluding carboxylic acids is 1. The van der Waals surface area contributed by atoms with Crippen molar-refractivity contribution in [2.45, 2.75) is 26.1 Å². The lowest BCUT2D eigenvalue weighted by molar-refractivity contribution is -0.137. The van der Waals surface area contributed by atoms with E-state index < -0.39 is 11.7 Å². The average molecular weight is 386 g/mol. The van der Waals surface area contributed by atoms with Crippen LogP contribution in [0.5, 0.6) is 5.75 Å². The molecule has 0 aliphatic heterocycles. The van der Waals surface area contributed by atoms with Crippen molar-refractivity contribution in [3.63, 3.8) is 0 Å². The molecule has 9 heteroatoms. The second kappa shape index (κ2) is 8.33. The molecule has 0 fully saturated rings. The number of halogens is 3. The van der Waals surface area contributed by atoms with Gasteiger partial charge in [0, 0.05) is 6.04 Å². The van der Waals surface area contributed by atoms with E-state index in [1.165, 1.54) is 23.5 Å². The summed E-state index contributed by atoms with van der Waals surface area (Å²) in [6.45, 7) is 3.18. The largest absolute Gasteiger partial charge is 0.416 e. The van der Waals surface area contributed by atoms with E-state index in [1.807, 2.05) is 0 Å². The fourth-order valence-corrected chi connectivity index (χ4v) is 2.71. The van der Waals surface area contributed by atoms with E-state index >= 15 is 0 Å². The lowest BCUT2D eigenvalue weighted by Crippen LogP contribution is -2.34. The van der Waals surface area contributed by atoms with Crippen LogP contribution in [0.1, 0.15) is 34.0 Å². The summed E-state index contributed by atoms with van der Waals surface area (Å²) in [4.78, 5) is 18.2. The topological polar surface area (TPSA) is 70.9 Å². The first-order chi connectivity index (χ1) is 12.2. The normalized spacial score (nSPS) is 13.4. The maximum atomic E-state index is 12.5. The zero-order valence-corrected chi connectivity index (χ0v) is 14.8. The fraction of sp³-hybridized carbons (Fsp3) is 0.294. The molecule has 0 bridgehead atoms. The number of nitrogens with one attached hydrogen (secondary N) is 1. The predicted molar refractivity (Wildman–Crippen MR) is 92.6 cm³/mol. The van der Waals surface area contributed by atoms with Gasteiger partial charge >= 0.3 is 6.18 Å². The maximum Gasteiger partial charge on any atom is 0.416 e. The van der Waals surface area contributed by atoms with Gasteiger partial charge in [-0.25, -0.2) is 0 Å². The molecule has 0 spiro atoms. The number of oxime groups is 1. The minimum Gasteiger partial charge on any atom is -0.394 e. The van der Waals surface area contributed by atoms with Gasteiger partial charge in [-0.2, -0.15) is 13.2 Å². The standard InChI is InChI=1S/C17H17F3N2O3S/c1-10(9-23)21-16(24)15-8-7-14(26-15)11(2)22-25-13-5-3-12(4-6-13)17(18,19)20/h3-8,10,23H,9H2,1-2H3,(H,21,24)/b22-11+/t10-/m0/s1. The van der Waals surface area contributed by atoms with E-state index in [-0.39, 0.29) is 24.3 Å². The Morgan fingerprint density at radius 1 is 1.23 bits per heavy atom. The summed E-state index contributed by atoms with van der Waals surface area (Å²) < 4.78 is 37.5. The molecule has 140 valence electrons. The third-order valence-electron chi connectivity index (χ3n) is 3.31. The molecule has 0 saturated carbocycles. The highest BCUT2D eigenvalue weighted by Crippen LogP contribution is 2.30. The first kappa shape index (κ1) is 19.9. The molecule has 2 N–H and O–H groups in total. The number of benzene rings is 1. The average Bonchev–Trinajstić information content (AvgIpc) is 3.09. The number of aliphatic hydroxyl groups excluding tert-OH is 1. The van der Waals surface area contributed by atoms with E-state index in [2.05, 4.69) is 10.5 Å². The van der Waals surface area contributed by atoms with Crippen molar-refractivity contribution in [2.24, 2.45) is 5.16 Å². The number of rotatable bonds is 6. The lowest BCUT2D eigenvalue weighted by Gasteiger charge is -2.08. The quantitative estimate of drug-likeness (QED) is 0.588. The van der Waals surface area contributed by atoms with Crippen LogP contribution in [0.4, 0.5) is 13.2 Å². The van der Waals surface area contributed by atoms with Gasteiger partial charge in [-0.3, -0.25) is 4.79 Å². The van der Waals surface area contributed by atoms with Crippen LogP contribution in [-0.4, -0.2) is 29.4 Å². The molecule has 0 radical (unpaired) electrons. The minimum atomic E-state index is -4.40. The van der Waals surface area contributed by atoms with Crippen LogP contribution < -0.4 is 10.2 Å². The molecule has 0 aliphatic carbocycles. The predicted octanol–water partition coefficient (Wildman–Crippen LogP) is 3.68. The van der Waals surface area contributed by atoms with Crippen molar-refractivity contribution in [3.8, 4) is 5.75 Å². The maximum absolute atomic E-state index is 12.5. The molecule has 1 aromatic heterocycles. The van der Waals surface area contributed by atoms with Crippen molar-refractivity contribution in [1.29, 1.82) is 0 Å². The number of carbonyl (C=O) groups is 1. The van der Waals surface area contributed by atoms with Crippen molar-refractivity contribution >= 4 is 23.0 Å². The van der Waals surface area contributed by atoms with Gasteiger partial charge in [0.25, 0.3) is 5.91 Å². The van der Waals surface area contributed by atoms with Crippen molar-refractivity contribution in [1.82, 2.24) is 5.32 Å². The first-order valence-electron chi connectivity index (χ1n) is 7.61. The van der Waals surface area contributed by atoms with E-state index in [9.17, 15) is 18.0 Å². The number of aliphatic hydroxyl groups is 1. The molecule has 0 saturated heterocycles. The molecule has 1 amide bonds. The monoisotopic (exact) mass is 386 g/mol. The summed E-state index contributed by atoms with van der Waals surface area (Å²) in [6, 6.07) is 7.15. The van der Waals surface area contributed by atoms with Crippen LogP contribution >= 0.6 is 11.3 Å². The molecular weight excluding hydrogens is 369 g/mol. The Balaban J connectivity index is 2.03. The summed E-state index contributed by atoms with van der Waals surface area (Å²) in [5.41, 5.74) is -0.291. The summed E-state index contributed by atoms with van der Waals surface area (Å²) >= 11 is 1.19. The minimum absolute atomic E-state index is 0.161. The van der Waals surface area contributed by atoms with Gasteiger partial charge in [0.1, 0.15) is 0 Å². The Morgan fingerprint density at radius 3 is 2.42 bits per heavy atom. The van der Waals surface area contributed by atoms with E-state index in [4.69, 9.17) is 9.94 Å². The van der Waals surface area contributed by atoms with Crippen LogP contribution in [0.15, 0.2) is 41.6 Å². The van der Waals surface area contributed by atoms with Gasteiger partial charge in [-0.15, -0.1) is 11.3 Å². The van der Waals surface area contributed by atoms with Crippen molar-refractivity contribution in [2.75, 3.05) is 6.61 Å². The van der Waals surface area contributed by atoms with Crippen molar-refractivity contribution < 1.29 is 27.9 Å². The summed E-state index contributed by atoms with van der Waals surface area (Å²) in [5, 5.41) is 15.5.